The highest BCUT2D eigenvalue weighted by Gasteiger charge is 2.25. The van der Waals surface area contributed by atoms with Gasteiger partial charge in [0.2, 0.25) is 0 Å². The van der Waals surface area contributed by atoms with Crippen molar-refractivity contribution in [2.45, 2.75) is 32.1 Å². The lowest BCUT2D eigenvalue weighted by Gasteiger charge is -2.23. The number of alkyl halides is 1. The van der Waals surface area contributed by atoms with Crippen LogP contribution < -0.4 is 0 Å². The minimum atomic E-state index is -0.0560. The van der Waals surface area contributed by atoms with Gasteiger partial charge < -0.3 is 4.74 Å². The summed E-state index contributed by atoms with van der Waals surface area (Å²) >= 11 is 5.82. The fourth-order valence-electron chi connectivity index (χ4n) is 2.35. The molecule has 92 valence electrons. The molecule has 0 aromatic heterocycles. The Morgan fingerprint density at radius 1 is 1.47 bits per heavy atom. The number of hydrogen-bond donors (Lipinski definition) is 0. The molecule has 0 heterocycles. The number of aryl methyl sites for hydroxylation is 1. The molecule has 3 heteroatoms. The van der Waals surface area contributed by atoms with Crippen LogP contribution in [-0.4, -0.2) is 12.6 Å². The molecule has 1 atom stereocenters. The van der Waals surface area contributed by atoms with Gasteiger partial charge in [0.05, 0.1) is 12.5 Å². The molecule has 1 aliphatic rings. The Kier molecular flexibility index (Phi) is 4.06. The summed E-state index contributed by atoms with van der Waals surface area (Å²) in [4.78, 5) is 11.7. The highest BCUT2D eigenvalue weighted by molar-refractivity contribution is 6.17. The van der Waals surface area contributed by atoms with Gasteiger partial charge in [-0.05, 0) is 42.9 Å². The number of esters is 1. The highest BCUT2D eigenvalue weighted by atomic mass is 35.5. The molecular weight excluding hydrogens is 236 g/mol. The normalized spacial score (nSPS) is 18.6. The molecule has 0 bridgehead atoms. The molecule has 0 unspecified atom stereocenters. The summed E-state index contributed by atoms with van der Waals surface area (Å²) in [5, 5.41) is 0. The highest BCUT2D eigenvalue weighted by Crippen LogP contribution is 2.27. The van der Waals surface area contributed by atoms with E-state index in [4.69, 9.17) is 16.3 Å². The predicted octanol–water partition coefficient (Wildman–Crippen LogP) is 3.09. The third-order valence-corrected chi connectivity index (χ3v) is 3.58. The number of carbonyl (C=O) groups is 1. The Morgan fingerprint density at radius 3 is 3.00 bits per heavy atom. The number of hydrogen-bond acceptors (Lipinski definition) is 2. The average Bonchev–Trinajstić information content (AvgIpc) is 2.37. The molecule has 0 saturated heterocycles. The second-order valence-electron chi connectivity index (χ2n) is 4.43. The van der Waals surface area contributed by atoms with Crippen LogP contribution >= 0.6 is 11.6 Å². The molecule has 2 nitrogen and oxygen atoms in total. The van der Waals surface area contributed by atoms with Crippen molar-refractivity contribution in [1.29, 1.82) is 0 Å². The molecule has 0 saturated carbocycles. The van der Waals surface area contributed by atoms with Crippen LogP contribution in [0.1, 0.15) is 30.0 Å². The lowest BCUT2D eigenvalue weighted by Crippen LogP contribution is -2.24. The number of carbonyl (C=O) groups excluding carboxylic acids is 1. The number of halogens is 1. The first kappa shape index (κ1) is 12.4. The van der Waals surface area contributed by atoms with Crippen LogP contribution in [0.3, 0.4) is 0 Å². The zero-order valence-corrected chi connectivity index (χ0v) is 10.8. The van der Waals surface area contributed by atoms with Crippen LogP contribution in [0, 0.1) is 5.92 Å². The van der Waals surface area contributed by atoms with E-state index in [0.29, 0.717) is 12.5 Å². The van der Waals surface area contributed by atoms with Gasteiger partial charge in [-0.25, -0.2) is 0 Å². The van der Waals surface area contributed by atoms with Crippen molar-refractivity contribution in [3.63, 3.8) is 0 Å². The van der Waals surface area contributed by atoms with Crippen molar-refractivity contribution in [3.05, 3.63) is 34.9 Å². The lowest BCUT2D eigenvalue weighted by atomic mass is 9.83. The lowest BCUT2D eigenvalue weighted by molar-refractivity contribution is -0.148. The van der Waals surface area contributed by atoms with Crippen LogP contribution in [0.4, 0.5) is 0 Å². The standard InChI is InChI=1S/C14H17ClO2/c1-2-17-14(16)13-6-5-11-7-10(9-15)3-4-12(11)8-13/h3-4,7,13H,2,5-6,8-9H2,1H3/t13-/m0/s1. The minimum Gasteiger partial charge on any atom is -0.466 e. The Morgan fingerprint density at radius 2 is 2.29 bits per heavy atom. The summed E-state index contributed by atoms with van der Waals surface area (Å²) in [6, 6.07) is 6.29. The third-order valence-electron chi connectivity index (χ3n) is 3.27. The van der Waals surface area contributed by atoms with Crippen LogP contribution in [0.15, 0.2) is 18.2 Å². The molecule has 0 aliphatic heterocycles. The first-order chi connectivity index (χ1) is 8.24. The molecule has 1 aromatic carbocycles. The molecule has 0 amide bonds. The minimum absolute atomic E-state index is 0.0318. The Bertz CT molecular complexity index is 415. The van der Waals surface area contributed by atoms with Crippen molar-refractivity contribution >= 4 is 17.6 Å². The van der Waals surface area contributed by atoms with Gasteiger partial charge in [-0.2, -0.15) is 0 Å². The molecule has 0 N–H and O–H groups in total. The molecule has 0 spiro atoms. The van der Waals surface area contributed by atoms with Crippen molar-refractivity contribution in [1.82, 2.24) is 0 Å². The molecule has 0 fully saturated rings. The van der Waals surface area contributed by atoms with Gasteiger partial charge in [-0.3, -0.25) is 4.79 Å². The number of rotatable bonds is 3. The zero-order chi connectivity index (χ0) is 12.3. The predicted molar refractivity (Wildman–Crippen MR) is 68.1 cm³/mol. The monoisotopic (exact) mass is 252 g/mol. The van der Waals surface area contributed by atoms with Gasteiger partial charge in [0.25, 0.3) is 0 Å². The van der Waals surface area contributed by atoms with Gasteiger partial charge in [0.1, 0.15) is 0 Å². The molecular formula is C14H17ClO2. The van der Waals surface area contributed by atoms with E-state index in [1.54, 1.807) is 0 Å². The molecule has 2 rings (SSSR count). The zero-order valence-electron chi connectivity index (χ0n) is 10.0. The molecule has 0 radical (unpaired) electrons. The van der Waals surface area contributed by atoms with Gasteiger partial charge >= 0.3 is 5.97 Å². The summed E-state index contributed by atoms with van der Waals surface area (Å²) in [6.07, 6.45) is 2.64. The van der Waals surface area contributed by atoms with Gasteiger partial charge in [-0.15, -0.1) is 11.6 Å². The summed E-state index contributed by atoms with van der Waals surface area (Å²) in [5.41, 5.74) is 3.76. The van der Waals surface area contributed by atoms with E-state index in [-0.39, 0.29) is 11.9 Å². The fourth-order valence-corrected chi connectivity index (χ4v) is 2.52. The third kappa shape index (κ3) is 2.81. The maximum atomic E-state index is 11.7. The van der Waals surface area contributed by atoms with Crippen LogP contribution in [0.2, 0.25) is 0 Å². The van der Waals surface area contributed by atoms with Gasteiger partial charge in [-0.1, -0.05) is 18.2 Å². The van der Waals surface area contributed by atoms with Crippen LogP contribution in [-0.2, 0) is 28.3 Å². The molecule has 1 aliphatic carbocycles. The second kappa shape index (κ2) is 5.54. The van der Waals surface area contributed by atoms with Gasteiger partial charge in [0, 0.05) is 5.88 Å². The molecule has 17 heavy (non-hydrogen) atoms. The second-order valence-corrected chi connectivity index (χ2v) is 4.70. The van der Waals surface area contributed by atoms with E-state index < -0.39 is 0 Å². The smallest absolute Gasteiger partial charge is 0.309 e. The molecule has 1 aromatic rings. The van der Waals surface area contributed by atoms with E-state index >= 15 is 0 Å². The maximum absolute atomic E-state index is 11.7. The van der Waals surface area contributed by atoms with Crippen molar-refractivity contribution in [2.75, 3.05) is 6.61 Å². The fraction of sp³-hybridized carbons (Fsp3) is 0.500. The van der Waals surface area contributed by atoms with Crippen molar-refractivity contribution in [3.8, 4) is 0 Å². The maximum Gasteiger partial charge on any atom is 0.309 e. The summed E-state index contributed by atoms with van der Waals surface area (Å²) in [5.74, 6) is 0.526. The van der Waals surface area contributed by atoms with Crippen LogP contribution in [0.25, 0.3) is 0 Å². The Labute approximate surface area is 107 Å². The largest absolute Gasteiger partial charge is 0.466 e. The van der Waals surface area contributed by atoms with E-state index in [1.807, 2.05) is 13.0 Å². The number of benzene rings is 1. The SMILES string of the molecule is CCOC(=O)[C@H]1CCc2cc(CCl)ccc2C1. The van der Waals surface area contributed by atoms with E-state index in [1.165, 1.54) is 11.1 Å². The Hall–Kier alpha value is -1.02. The van der Waals surface area contributed by atoms with E-state index in [9.17, 15) is 4.79 Å². The Balaban J connectivity index is 2.11. The van der Waals surface area contributed by atoms with Crippen molar-refractivity contribution < 1.29 is 9.53 Å². The number of ether oxygens (including phenoxy) is 1. The number of fused-ring (bicyclic) bond motifs is 1. The first-order valence-electron chi connectivity index (χ1n) is 6.08. The topological polar surface area (TPSA) is 26.3 Å². The first-order valence-corrected chi connectivity index (χ1v) is 6.61. The van der Waals surface area contributed by atoms with Crippen LogP contribution in [0.5, 0.6) is 0 Å². The van der Waals surface area contributed by atoms with E-state index in [0.717, 1.165) is 24.8 Å². The quantitative estimate of drug-likeness (QED) is 0.610. The summed E-state index contributed by atoms with van der Waals surface area (Å²) in [6.45, 7) is 2.31. The summed E-state index contributed by atoms with van der Waals surface area (Å²) < 4.78 is 5.08. The van der Waals surface area contributed by atoms with E-state index in [2.05, 4.69) is 12.1 Å². The van der Waals surface area contributed by atoms with Crippen molar-refractivity contribution in [2.24, 2.45) is 5.92 Å². The van der Waals surface area contributed by atoms with Gasteiger partial charge in [0.15, 0.2) is 0 Å². The average molecular weight is 253 g/mol. The summed E-state index contributed by atoms with van der Waals surface area (Å²) in [7, 11) is 0.